The van der Waals surface area contributed by atoms with Crippen LogP contribution in [0.1, 0.15) is 13.8 Å². The minimum Gasteiger partial charge on any atom is -0.480 e. The Labute approximate surface area is 83.3 Å². The average Bonchev–Trinajstić information content (AvgIpc) is 1.99. The molecule has 0 rings (SSSR count). The first-order chi connectivity index (χ1) is 6.18. The number of methoxy groups -OCH3 is 1. The van der Waals surface area contributed by atoms with Crippen molar-refractivity contribution in [3.05, 3.63) is 0 Å². The van der Waals surface area contributed by atoms with E-state index in [9.17, 15) is 13.2 Å². The molecule has 0 aromatic rings. The highest BCUT2D eigenvalue weighted by molar-refractivity contribution is 7.90. The topological polar surface area (TPSA) is 92.7 Å². The van der Waals surface area contributed by atoms with Gasteiger partial charge in [-0.2, -0.15) is 0 Å². The molecular weight excluding hydrogens is 210 g/mol. The van der Waals surface area contributed by atoms with Gasteiger partial charge in [0.15, 0.2) is 5.75 Å². The average molecular weight is 225 g/mol. The molecule has 0 amide bonds. The van der Waals surface area contributed by atoms with Crippen molar-refractivity contribution in [2.75, 3.05) is 19.4 Å². The van der Waals surface area contributed by atoms with Crippen LogP contribution in [0.3, 0.4) is 0 Å². The van der Waals surface area contributed by atoms with E-state index in [1.807, 2.05) is 0 Å². The van der Waals surface area contributed by atoms with E-state index in [1.165, 1.54) is 7.11 Å². The van der Waals surface area contributed by atoms with Gasteiger partial charge in [0, 0.05) is 13.7 Å². The third-order valence-corrected chi connectivity index (χ3v) is 2.80. The number of ether oxygens (including phenoxy) is 1. The van der Waals surface area contributed by atoms with Crippen molar-refractivity contribution in [3.63, 3.8) is 0 Å². The van der Waals surface area contributed by atoms with Gasteiger partial charge in [-0.15, -0.1) is 0 Å². The number of rotatable bonds is 6. The molecule has 84 valence electrons. The summed E-state index contributed by atoms with van der Waals surface area (Å²) in [5, 5.41) is 8.29. The van der Waals surface area contributed by atoms with Gasteiger partial charge < -0.3 is 9.84 Å². The van der Waals surface area contributed by atoms with Crippen LogP contribution in [0, 0.1) is 0 Å². The minimum atomic E-state index is -3.75. The number of aliphatic carboxylic acids is 1. The molecule has 0 atom stereocenters. The molecule has 0 radical (unpaired) electrons. The van der Waals surface area contributed by atoms with E-state index in [4.69, 9.17) is 9.84 Å². The third kappa shape index (κ3) is 5.90. The molecule has 0 heterocycles. The van der Waals surface area contributed by atoms with E-state index in [1.54, 1.807) is 13.8 Å². The van der Waals surface area contributed by atoms with Gasteiger partial charge in [-0.1, -0.05) is 0 Å². The number of carbonyl (C=O) groups is 1. The van der Waals surface area contributed by atoms with Crippen molar-refractivity contribution in [3.8, 4) is 0 Å². The molecule has 0 aromatic heterocycles. The fourth-order valence-electron chi connectivity index (χ4n) is 0.570. The third-order valence-electron chi connectivity index (χ3n) is 1.58. The highest BCUT2D eigenvalue weighted by atomic mass is 32.2. The highest BCUT2D eigenvalue weighted by Gasteiger charge is 2.21. The Morgan fingerprint density at radius 2 is 2.00 bits per heavy atom. The van der Waals surface area contributed by atoms with Gasteiger partial charge in [-0.3, -0.25) is 4.79 Å². The molecule has 0 fully saturated rings. The zero-order chi connectivity index (χ0) is 11.4. The Morgan fingerprint density at radius 3 is 2.36 bits per heavy atom. The number of carboxylic acid groups (broad SMARTS) is 1. The summed E-state index contributed by atoms with van der Waals surface area (Å²) in [4.78, 5) is 10.2. The summed E-state index contributed by atoms with van der Waals surface area (Å²) in [7, 11) is -2.30. The normalized spacial score (nSPS) is 12.8. The van der Waals surface area contributed by atoms with E-state index >= 15 is 0 Å². The van der Waals surface area contributed by atoms with E-state index in [-0.39, 0.29) is 6.54 Å². The van der Waals surface area contributed by atoms with Gasteiger partial charge in [0.05, 0.1) is 5.60 Å². The predicted octanol–water partition coefficient (Wildman–Crippen LogP) is -0.585. The lowest BCUT2D eigenvalue weighted by molar-refractivity contribution is -0.134. The molecule has 0 saturated carbocycles. The number of nitrogens with one attached hydrogen (secondary N) is 1. The summed E-state index contributed by atoms with van der Waals surface area (Å²) < 4.78 is 29.2. The van der Waals surface area contributed by atoms with E-state index in [2.05, 4.69) is 4.72 Å². The Bertz CT molecular complexity index is 295. The Kier molecular flexibility index (Phi) is 4.50. The maximum atomic E-state index is 11.1. The van der Waals surface area contributed by atoms with Crippen LogP contribution in [0.2, 0.25) is 0 Å². The first-order valence-corrected chi connectivity index (χ1v) is 5.58. The summed E-state index contributed by atoms with van der Waals surface area (Å²) in [5.41, 5.74) is -0.647. The second-order valence-electron chi connectivity index (χ2n) is 3.44. The van der Waals surface area contributed by atoms with Gasteiger partial charge in [-0.25, -0.2) is 13.1 Å². The zero-order valence-corrected chi connectivity index (χ0v) is 9.22. The molecule has 0 aliphatic carbocycles. The number of sulfonamides is 1. The van der Waals surface area contributed by atoms with Crippen molar-refractivity contribution in [2.45, 2.75) is 19.4 Å². The minimum absolute atomic E-state index is 0.0408. The van der Waals surface area contributed by atoms with Crippen LogP contribution in [0.5, 0.6) is 0 Å². The van der Waals surface area contributed by atoms with E-state index in [0.717, 1.165) is 0 Å². The highest BCUT2D eigenvalue weighted by Crippen LogP contribution is 2.05. The van der Waals surface area contributed by atoms with Crippen LogP contribution in [0.25, 0.3) is 0 Å². The van der Waals surface area contributed by atoms with Crippen LogP contribution in [-0.2, 0) is 19.6 Å². The second kappa shape index (κ2) is 4.72. The van der Waals surface area contributed by atoms with Crippen LogP contribution in [-0.4, -0.2) is 44.5 Å². The molecule has 6 nitrogen and oxygen atoms in total. The van der Waals surface area contributed by atoms with Gasteiger partial charge >= 0.3 is 5.97 Å². The monoisotopic (exact) mass is 225 g/mol. The van der Waals surface area contributed by atoms with Crippen molar-refractivity contribution < 1.29 is 23.1 Å². The van der Waals surface area contributed by atoms with Gasteiger partial charge in [0.25, 0.3) is 0 Å². The van der Waals surface area contributed by atoms with E-state index in [0.29, 0.717) is 0 Å². The first kappa shape index (κ1) is 13.3. The zero-order valence-electron chi connectivity index (χ0n) is 8.40. The van der Waals surface area contributed by atoms with Crippen LogP contribution >= 0.6 is 0 Å². The summed E-state index contributed by atoms with van der Waals surface area (Å²) in [6.45, 7) is 3.42. The van der Waals surface area contributed by atoms with E-state index < -0.39 is 27.3 Å². The Hall–Kier alpha value is -0.660. The summed E-state index contributed by atoms with van der Waals surface area (Å²) >= 11 is 0. The molecule has 0 bridgehead atoms. The molecule has 0 aromatic carbocycles. The lowest BCUT2D eigenvalue weighted by Gasteiger charge is -2.22. The van der Waals surface area contributed by atoms with Gasteiger partial charge in [0.1, 0.15) is 0 Å². The maximum absolute atomic E-state index is 11.1. The van der Waals surface area contributed by atoms with Gasteiger partial charge in [-0.05, 0) is 13.8 Å². The number of hydrogen-bond donors (Lipinski definition) is 2. The largest absolute Gasteiger partial charge is 0.480 e. The molecule has 0 aliphatic heterocycles. The standard InChI is InChI=1S/C7H15NO5S/c1-7(2,13-3)5-8-14(11,12)4-6(9)10/h8H,4-5H2,1-3H3,(H,9,10). The van der Waals surface area contributed by atoms with Crippen LogP contribution < -0.4 is 4.72 Å². The van der Waals surface area contributed by atoms with Crippen molar-refractivity contribution in [2.24, 2.45) is 0 Å². The fourth-order valence-corrected chi connectivity index (χ4v) is 1.56. The molecule has 14 heavy (non-hydrogen) atoms. The molecule has 0 spiro atoms. The van der Waals surface area contributed by atoms with Crippen molar-refractivity contribution in [1.29, 1.82) is 0 Å². The molecule has 7 heteroatoms. The Morgan fingerprint density at radius 1 is 1.50 bits per heavy atom. The molecule has 0 aliphatic rings. The predicted molar refractivity (Wildman–Crippen MR) is 50.5 cm³/mol. The first-order valence-electron chi connectivity index (χ1n) is 3.93. The van der Waals surface area contributed by atoms with Crippen LogP contribution in [0.4, 0.5) is 0 Å². The summed E-state index contributed by atoms with van der Waals surface area (Å²) in [6, 6.07) is 0. The van der Waals surface area contributed by atoms with Crippen molar-refractivity contribution >= 4 is 16.0 Å². The van der Waals surface area contributed by atoms with Gasteiger partial charge in [0.2, 0.25) is 10.0 Å². The fraction of sp³-hybridized carbons (Fsp3) is 0.857. The Balaban J connectivity index is 4.20. The molecule has 0 unspecified atom stereocenters. The number of carboxylic acids is 1. The molecular formula is C7H15NO5S. The lowest BCUT2D eigenvalue weighted by Crippen LogP contribution is -2.41. The SMILES string of the molecule is COC(C)(C)CNS(=O)(=O)CC(=O)O. The maximum Gasteiger partial charge on any atom is 0.320 e. The number of hydrogen-bond acceptors (Lipinski definition) is 4. The van der Waals surface area contributed by atoms with Crippen LogP contribution in [0.15, 0.2) is 0 Å². The summed E-state index contributed by atoms with van der Waals surface area (Å²) in [6.07, 6.45) is 0. The lowest BCUT2D eigenvalue weighted by atomic mass is 10.1. The van der Waals surface area contributed by atoms with Crippen molar-refractivity contribution in [1.82, 2.24) is 4.72 Å². The molecule has 0 saturated heterocycles. The second-order valence-corrected chi connectivity index (χ2v) is 5.24. The smallest absolute Gasteiger partial charge is 0.320 e. The quantitative estimate of drug-likeness (QED) is 0.630. The summed E-state index contributed by atoms with van der Waals surface area (Å²) in [5.74, 6) is -2.31. The molecule has 2 N–H and O–H groups in total.